The van der Waals surface area contributed by atoms with Crippen molar-refractivity contribution in [3.8, 4) is 17.3 Å². The van der Waals surface area contributed by atoms with E-state index in [0.717, 1.165) is 28.5 Å². The topological polar surface area (TPSA) is 82.7 Å². The Kier molecular flexibility index (Phi) is 5.81. The number of halogens is 4. The zero-order chi connectivity index (χ0) is 24.7. The number of pyridine rings is 2. The molecule has 35 heavy (non-hydrogen) atoms. The fourth-order valence-corrected chi connectivity index (χ4v) is 4.47. The van der Waals surface area contributed by atoms with Crippen LogP contribution in [0.5, 0.6) is 5.88 Å². The van der Waals surface area contributed by atoms with Crippen LogP contribution >= 0.6 is 0 Å². The van der Waals surface area contributed by atoms with E-state index in [9.17, 15) is 17.6 Å². The van der Waals surface area contributed by atoms with Gasteiger partial charge in [-0.2, -0.15) is 23.4 Å². The number of hydrogen-bond donors (Lipinski definition) is 1. The van der Waals surface area contributed by atoms with E-state index in [0.29, 0.717) is 37.6 Å². The minimum Gasteiger partial charge on any atom is -0.472 e. The third-order valence-electron chi connectivity index (χ3n) is 6.23. The second kappa shape index (κ2) is 8.82. The van der Waals surface area contributed by atoms with Crippen molar-refractivity contribution in [2.75, 3.05) is 12.4 Å². The third-order valence-corrected chi connectivity index (χ3v) is 6.23. The van der Waals surface area contributed by atoms with Crippen molar-refractivity contribution in [3.05, 3.63) is 48.2 Å². The molecule has 1 aliphatic carbocycles. The average Bonchev–Trinajstić information content (AvgIpc) is 3.43. The van der Waals surface area contributed by atoms with Gasteiger partial charge in [0.25, 0.3) is 5.88 Å². The predicted octanol–water partition coefficient (Wildman–Crippen LogP) is 4.99. The van der Waals surface area contributed by atoms with E-state index in [2.05, 4.69) is 20.4 Å². The predicted molar refractivity (Wildman–Crippen MR) is 120 cm³/mol. The van der Waals surface area contributed by atoms with Crippen molar-refractivity contribution in [1.82, 2.24) is 29.5 Å². The van der Waals surface area contributed by atoms with Crippen molar-refractivity contribution in [2.24, 2.45) is 7.05 Å². The Balaban J connectivity index is 1.38. The highest BCUT2D eigenvalue weighted by atomic mass is 19.4. The Bertz CT molecular complexity index is 1360. The second-order valence-electron chi connectivity index (χ2n) is 8.53. The van der Waals surface area contributed by atoms with Crippen LogP contribution in [0.2, 0.25) is 0 Å². The number of ether oxygens (including phenoxy) is 1. The van der Waals surface area contributed by atoms with E-state index in [1.165, 1.54) is 0 Å². The van der Waals surface area contributed by atoms with Gasteiger partial charge < -0.3 is 10.1 Å². The average molecular weight is 489 g/mol. The van der Waals surface area contributed by atoms with E-state index >= 15 is 0 Å². The highest BCUT2D eigenvalue weighted by Crippen LogP contribution is 2.38. The van der Waals surface area contributed by atoms with Crippen molar-refractivity contribution < 1.29 is 22.3 Å². The lowest BCUT2D eigenvalue weighted by atomic mass is 9.93. The van der Waals surface area contributed by atoms with Gasteiger partial charge in [-0.25, -0.2) is 14.4 Å². The maximum Gasteiger partial charge on any atom is 0.419 e. The van der Waals surface area contributed by atoms with Gasteiger partial charge in [0.15, 0.2) is 5.82 Å². The molecule has 0 radical (unpaired) electrons. The molecule has 0 atom stereocenters. The van der Waals surface area contributed by atoms with Gasteiger partial charge >= 0.3 is 6.18 Å². The lowest BCUT2D eigenvalue weighted by Gasteiger charge is -2.29. The Morgan fingerprint density at radius 2 is 1.86 bits per heavy atom. The molecule has 1 N–H and O–H groups in total. The van der Waals surface area contributed by atoms with Gasteiger partial charge in [-0.1, -0.05) is 0 Å². The molecule has 184 valence electrons. The molecule has 5 rings (SSSR count). The molecule has 1 aliphatic rings. The molecular weight excluding hydrogens is 466 g/mol. The number of nitrogens with one attached hydrogen (secondary N) is 1. The van der Waals surface area contributed by atoms with Crippen molar-refractivity contribution in [1.29, 1.82) is 0 Å². The minimum atomic E-state index is -4.81. The molecule has 0 bridgehead atoms. The third kappa shape index (κ3) is 4.40. The van der Waals surface area contributed by atoms with Crippen molar-refractivity contribution >= 4 is 16.7 Å². The Morgan fingerprint density at radius 1 is 1.09 bits per heavy atom. The Hall–Kier alpha value is -3.70. The number of fused-ring (bicyclic) bond motifs is 1. The summed E-state index contributed by atoms with van der Waals surface area (Å²) in [5, 5.41) is 13.3. The lowest BCUT2D eigenvalue weighted by Crippen LogP contribution is -2.27. The summed E-state index contributed by atoms with van der Waals surface area (Å²) in [5.41, 5.74) is 0.984. The van der Waals surface area contributed by atoms with Crippen LogP contribution in [0.3, 0.4) is 0 Å². The molecule has 12 heteroatoms. The smallest absolute Gasteiger partial charge is 0.419 e. The second-order valence-corrected chi connectivity index (χ2v) is 8.53. The van der Waals surface area contributed by atoms with Gasteiger partial charge in [0.05, 0.1) is 17.1 Å². The maximum absolute atomic E-state index is 14.3. The first kappa shape index (κ1) is 23.1. The summed E-state index contributed by atoms with van der Waals surface area (Å²) in [4.78, 5) is 8.11. The normalized spacial score (nSPS) is 18.7. The molecule has 0 unspecified atom stereocenters. The monoisotopic (exact) mass is 489 g/mol. The molecule has 1 fully saturated rings. The number of alkyl halides is 3. The summed E-state index contributed by atoms with van der Waals surface area (Å²) in [6, 6.07) is 4.45. The molecule has 0 saturated heterocycles. The fraction of sp³-hybridized carbons (Fsp3) is 0.391. The molecule has 0 aromatic carbocycles. The molecule has 4 aromatic heterocycles. The quantitative estimate of drug-likeness (QED) is 0.398. The molecule has 0 spiro atoms. The molecule has 4 heterocycles. The van der Waals surface area contributed by atoms with Crippen LogP contribution < -0.4 is 10.1 Å². The highest BCUT2D eigenvalue weighted by molar-refractivity contribution is 5.93. The fourth-order valence-electron chi connectivity index (χ4n) is 4.47. The summed E-state index contributed by atoms with van der Waals surface area (Å²) < 4.78 is 62.6. The number of hydrogen-bond acceptors (Lipinski definition) is 6. The molecule has 1 saturated carbocycles. The SMILES string of the molecule is CNc1cc2c(cn1)c(-c1ccn(C)n1)nn2[C@H]1CC[C@@H](Oc2nccc(C(F)(F)F)c2F)CC1. The number of aromatic nitrogens is 6. The van der Waals surface area contributed by atoms with E-state index in [1.807, 2.05) is 30.1 Å². The first-order chi connectivity index (χ1) is 16.7. The van der Waals surface area contributed by atoms with E-state index in [4.69, 9.17) is 9.84 Å². The molecule has 4 aromatic rings. The van der Waals surface area contributed by atoms with Crippen LogP contribution in [-0.2, 0) is 13.2 Å². The van der Waals surface area contributed by atoms with Gasteiger partial charge in [-0.15, -0.1) is 0 Å². The number of aryl methyl sites for hydroxylation is 1. The van der Waals surface area contributed by atoms with E-state index < -0.39 is 29.5 Å². The zero-order valence-electron chi connectivity index (χ0n) is 19.1. The summed E-state index contributed by atoms with van der Waals surface area (Å²) in [6.45, 7) is 0. The van der Waals surface area contributed by atoms with E-state index in [-0.39, 0.29) is 6.04 Å². The van der Waals surface area contributed by atoms with Gasteiger partial charge in [0, 0.05) is 44.1 Å². The number of anilines is 1. The highest BCUT2D eigenvalue weighted by Gasteiger charge is 2.36. The molecule has 0 aliphatic heterocycles. The molecule has 0 amide bonds. The van der Waals surface area contributed by atoms with Crippen LogP contribution in [-0.4, -0.2) is 42.7 Å². The van der Waals surface area contributed by atoms with Gasteiger partial charge in [0.1, 0.15) is 23.3 Å². The Morgan fingerprint density at radius 3 is 2.51 bits per heavy atom. The summed E-state index contributed by atoms with van der Waals surface area (Å²) in [6.07, 6.45) is 1.62. The zero-order valence-corrected chi connectivity index (χ0v) is 19.1. The summed E-state index contributed by atoms with van der Waals surface area (Å²) >= 11 is 0. The number of nitrogens with zero attached hydrogens (tertiary/aromatic N) is 6. The van der Waals surface area contributed by atoms with Crippen LogP contribution in [0.15, 0.2) is 36.8 Å². The van der Waals surface area contributed by atoms with Gasteiger partial charge in [-0.3, -0.25) is 9.36 Å². The van der Waals surface area contributed by atoms with Crippen LogP contribution in [0.1, 0.15) is 37.3 Å². The Labute approximate surface area is 197 Å². The van der Waals surface area contributed by atoms with Crippen LogP contribution in [0.4, 0.5) is 23.4 Å². The molecule has 8 nitrogen and oxygen atoms in total. The lowest BCUT2D eigenvalue weighted by molar-refractivity contribution is -0.140. The van der Waals surface area contributed by atoms with Crippen LogP contribution in [0.25, 0.3) is 22.3 Å². The van der Waals surface area contributed by atoms with E-state index in [1.54, 1.807) is 17.9 Å². The van der Waals surface area contributed by atoms with Gasteiger partial charge in [0.2, 0.25) is 0 Å². The summed E-state index contributed by atoms with van der Waals surface area (Å²) in [5.74, 6) is -1.39. The van der Waals surface area contributed by atoms with Crippen molar-refractivity contribution in [2.45, 2.75) is 44.0 Å². The maximum atomic E-state index is 14.3. The first-order valence-corrected chi connectivity index (χ1v) is 11.2. The van der Waals surface area contributed by atoms with Crippen molar-refractivity contribution in [3.63, 3.8) is 0 Å². The van der Waals surface area contributed by atoms with Crippen LogP contribution in [0, 0.1) is 5.82 Å². The largest absolute Gasteiger partial charge is 0.472 e. The minimum absolute atomic E-state index is 0.0289. The summed E-state index contributed by atoms with van der Waals surface area (Å²) in [7, 11) is 3.63. The standard InChI is InChI=1S/C23H23F4N7O/c1-28-19-11-18-15(12-30-19)21(17-8-10-33(2)31-17)32-34(18)13-3-5-14(6-4-13)35-22-20(24)16(7-9-29-22)23(25,26)27/h7-14H,3-6H2,1-2H3,(H,28,30)/t13-,14+. The molecular formula is C23H23F4N7O. The number of rotatable bonds is 5. The van der Waals surface area contributed by atoms with Gasteiger partial charge in [-0.05, 0) is 37.8 Å². The first-order valence-electron chi connectivity index (χ1n) is 11.2.